The van der Waals surface area contributed by atoms with Gasteiger partial charge in [-0.25, -0.2) is 0 Å². The molecule has 0 radical (unpaired) electrons. The second-order valence-electron chi connectivity index (χ2n) is 5.13. The minimum Gasteiger partial charge on any atom is -0.399 e. The number of rotatable bonds is 5. The smallest absolute Gasteiger partial charge is 0.0648 e. The maximum absolute atomic E-state index is 5.73. The van der Waals surface area contributed by atoms with E-state index < -0.39 is 0 Å². The van der Waals surface area contributed by atoms with Crippen LogP contribution in [0.2, 0.25) is 0 Å². The summed E-state index contributed by atoms with van der Waals surface area (Å²) in [6, 6.07) is 8.20. The lowest BCUT2D eigenvalue weighted by Crippen LogP contribution is -2.24. The van der Waals surface area contributed by atoms with Gasteiger partial charge in [0.2, 0.25) is 0 Å². The number of hydrogen-bond acceptors (Lipinski definition) is 5. The lowest BCUT2D eigenvalue weighted by atomic mass is 10.0. The maximum atomic E-state index is 5.73. The third-order valence-electron chi connectivity index (χ3n) is 3.32. The Balaban J connectivity index is 1.75. The van der Waals surface area contributed by atoms with Crippen LogP contribution in [-0.4, -0.2) is 23.1 Å². The van der Waals surface area contributed by atoms with Crippen molar-refractivity contribution in [3.63, 3.8) is 0 Å². The van der Waals surface area contributed by atoms with Crippen molar-refractivity contribution in [2.75, 3.05) is 11.5 Å². The largest absolute Gasteiger partial charge is 0.399 e. The molecule has 0 aliphatic carbocycles. The number of anilines is 1. The Kier molecular flexibility index (Phi) is 5.47. The predicted octanol–water partition coefficient (Wildman–Crippen LogP) is 2.90. The van der Waals surface area contributed by atoms with Crippen molar-refractivity contribution in [1.29, 1.82) is 0 Å². The van der Waals surface area contributed by atoms with E-state index in [2.05, 4.69) is 29.4 Å². The van der Waals surface area contributed by atoms with E-state index in [9.17, 15) is 0 Å². The summed E-state index contributed by atoms with van der Waals surface area (Å²) in [7, 11) is 0. The molecule has 1 aliphatic heterocycles. The number of aliphatic imine (C=N–C) groups is 1. The molecule has 0 aromatic heterocycles. The molecule has 0 saturated heterocycles. The van der Waals surface area contributed by atoms with Crippen molar-refractivity contribution in [3.05, 3.63) is 29.8 Å². The zero-order valence-corrected chi connectivity index (χ0v) is 12.9. The van der Waals surface area contributed by atoms with E-state index in [4.69, 9.17) is 5.73 Å². The number of nitrogens with zero attached hydrogens (tertiary/aromatic N) is 2. The summed E-state index contributed by atoms with van der Waals surface area (Å²) in [6.07, 6.45) is 2.82. The summed E-state index contributed by atoms with van der Waals surface area (Å²) in [4.78, 5) is 4.67. The molecular weight excluding hydrogens is 268 g/mol. The van der Waals surface area contributed by atoms with Crippen molar-refractivity contribution >= 4 is 28.7 Å². The van der Waals surface area contributed by atoms with Gasteiger partial charge in [0, 0.05) is 24.1 Å². The van der Waals surface area contributed by atoms with Crippen molar-refractivity contribution in [2.45, 2.75) is 32.9 Å². The average molecular weight is 290 g/mol. The summed E-state index contributed by atoms with van der Waals surface area (Å²) in [6.45, 7) is 5.03. The second kappa shape index (κ2) is 7.33. The zero-order valence-electron chi connectivity index (χ0n) is 12.0. The van der Waals surface area contributed by atoms with Gasteiger partial charge in [-0.05, 0) is 30.5 Å². The Morgan fingerprint density at radius 2 is 2.40 bits per heavy atom. The molecule has 0 saturated carbocycles. The molecule has 0 amide bonds. The first-order valence-corrected chi connectivity index (χ1v) is 7.89. The van der Waals surface area contributed by atoms with Gasteiger partial charge in [0.15, 0.2) is 0 Å². The number of hydrazone groups is 1. The van der Waals surface area contributed by atoms with Crippen LogP contribution in [0.3, 0.4) is 0 Å². The highest BCUT2D eigenvalue weighted by Crippen LogP contribution is 2.24. The monoisotopic (exact) mass is 290 g/mol. The van der Waals surface area contributed by atoms with Crippen LogP contribution in [0.15, 0.2) is 34.4 Å². The topological polar surface area (TPSA) is 62.8 Å². The minimum atomic E-state index is 0.370. The standard InChI is InChI=1S/C15H22N4S/c1-11-10-20-12(2)19-15(11)6-7-17-18-9-13-4-3-5-14(16)8-13/h3-5,7-8,11,15,18H,6,9-10,16H2,1-2H3/b17-7-/t11-,15?/m1/s1. The molecule has 20 heavy (non-hydrogen) atoms. The van der Waals surface area contributed by atoms with Gasteiger partial charge in [-0.15, -0.1) is 11.8 Å². The molecule has 0 spiro atoms. The third-order valence-corrected chi connectivity index (χ3v) is 4.54. The van der Waals surface area contributed by atoms with Crippen LogP contribution in [0.1, 0.15) is 25.8 Å². The van der Waals surface area contributed by atoms with E-state index in [1.54, 1.807) is 0 Å². The summed E-state index contributed by atoms with van der Waals surface area (Å²) in [5, 5.41) is 5.45. The second-order valence-corrected chi connectivity index (χ2v) is 6.34. The molecule has 3 N–H and O–H groups in total. The zero-order chi connectivity index (χ0) is 14.4. The van der Waals surface area contributed by atoms with Gasteiger partial charge in [0.25, 0.3) is 0 Å². The fraction of sp³-hybridized carbons (Fsp3) is 0.467. The number of nitrogens with two attached hydrogens (primary N) is 1. The van der Waals surface area contributed by atoms with Gasteiger partial charge in [0.1, 0.15) is 0 Å². The Morgan fingerprint density at radius 3 is 3.20 bits per heavy atom. The fourth-order valence-electron chi connectivity index (χ4n) is 2.11. The molecule has 1 aliphatic rings. The fourth-order valence-corrected chi connectivity index (χ4v) is 3.05. The molecule has 1 unspecified atom stereocenters. The van der Waals surface area contributed by atoms with E-state index in [0.717, 1.165) is 23.4 Å². The molecule has 0 bridgehead atoms. The number of hydrogen-bond donors (Lipinski definition) is 2. The molecule has 1 heterocycles. The summed E-state index contributed by atoms with van der Waals surface area (Å²) < 4.78 is 0. The van der Waals surface area contributed by atoms with Crippen LogP contribution in [0.4, 0.5) is 5.69 Å². The first-order valence-electron chi connectivity index (χ1n) is 6.91. The highest BCUT2D eigenvalue weighted by Gasteiger charge is 2.20. The molecular formula is C15H22N4S. The maximum Gasteiger partial charge on any atom is 0.0648 e. The molecule has 0 fully saturated rings. The Morgan fingerprint density at radius 1 is 1.55 bits per heavy atom. The SMILES string of the molecule is CC1=NC(C/C=N\NCc2cccc(N)c2)[C@H](C)CS1. The van der Waals surface area contributed by atoms with Gasteiger partial charge in [-0.1, -0.05) is 19.1 Å². The van der Waals surface area contributed by atoms with Crippen molar-refractivity contribution in [3.8, 4) is 0 Å². The summed E-state index contributed by atoms with van der Waals surface area (Å²) in [5.41, 5.74) is 10.7. The number of nitrogens with one attached hydrogen (secondary N) is 1. The number of benzene rings is 1. The molecule has 1 aromatic carbocycles. The van der Waals surface area contributed by atoms with Crippen LogP contribution >= 0.6 is 11.8 Å². The normalized spacial score (nSPS) is 22.8. The summed E-state index contributed by atoms with van der Waals surface area (Å²) >= 11 is 1.85. The Hall–Kier alpha value is -1.49. The highest BCUT2D eigenvalue weighted by atomic mass is 32.2. The van der Waals surface area contributed by atoms with Crippen molar-refractivity contribution in [2.24, 2.45) is 16.0 Å². The number of nitrogen functional groups attached to an aromatic ring is 1. The van der Waals surface area contributed by atoms with Crippen LogP contribution in [0.25, 0.3) is 0 Å². The summed E-state index contributed by atoms with van der Waals surface area (Å²) in [5.74, 6) is 1.77. The Bertz CT molecular complexity index is 498. The minimum absolute atomic E-state index is 0.370. The van der Waals surface area contributed by atoms with E-state index in [-0.39, 0.29) is 0 Å². The molecule has 4 nitrogen and oxygen atoms in total. The quantitative estimate of drug-likeness (QED) is 0.498. The van der Waals surface area contributed by atoms with E-state index in [0.29, 0.717) is 18.5 Å². The van der Waals surface area contributed by atoms with Gasteiger partial charge in [0.05, 0.1) is 17.6 Å². The molecule has 2 atom stereocenters. The van der Waals surface area contributed by atoms with E-state index >= 15 is 0 Å². The van der Waals surface area contributed by atoms with Crippen LogP contribution in [0, 0.1) is 5.92 Å². The number of thioether (sulfide) groups is 1. The Labute approximate surface area is 124 Å². The lowest BCUT2D eigenvalue weighted by Gasteiger charge is -2.23. The molecule has 5 heteroatoms. The van der Waals surface area contributed by atoms with Crippen LogP contribution in [0.5, 0.6) is 0 Å². The van der Waals surface area contributed by atoms with Crippen molar-refractivity contribution in [1.82, 2.24) is 5.43 Å². The van der Waals surface area contributed by atoms with Crippen LogP contribution < -0.4 is 11.2 Å². The van der Waals surface area contributed by atoms with Gasteiger partial charge >= 0.3 is 0 Å². The van der Waals surface area contributed by atoms with Gasteiger partial charge < -0.3 is 11.2 Å². The highest BCUT2D eigenvalue weighted by molar-refractivity contribution is 8.13. The predicted molar refractivity (Wildman–Crippen MR) is 89.3 cm³/mol. The van der Waals surface area contributed by atoms with Crippen molar-refractivity contribution < 1.29 is 0 Å². The van der Waals surface area contributed by atoms with Gasteiger partial charge in [-0.2, -0.15) is 5.10 Å². The van der Waals surface area contributed by atoms with Gasteiger partial charge in [-0.3, -0.25) is 4.99 Å². The molecule has 1 aromatic rings. The van der Waals surface area contributed by atoms with E-state index in [1.165, 1.54) is 5.04 Å². The third kappa shape index (κ3) is 4.56. The first kappa shape index (κ1) is 14.9. The first-order chi connectivity index (χ1) is 9.65. The van der Waals surface area contributed by atoms with E-state index in [1.807, 2.05) is 42.2 Å². The molecule has 108 valence electrons. The lowest BCUT2D eigenvalue weighted by molar-refractivity contribution is 0.515. The average Bonchev–Trinajstić information content (AvgIpc) is 2.42. The molecule has 2 rings (SSSR count). The van der Waals surface area contributed by atoms with Crippen LogP contribution in [-0.2, 0) is 6.54 Å².